The second-order valence-electron chi connectivity index (χ2n) is 7.06. The summed E-state index contributed by atoms with van der Waals surface area (Å²) in [6.45, 7) is 3.28. The predicted octanol–water partition coefficient (Wildman–Crippen LogP) is 0.254. The Morgan fingerprint density at radius 2 is 2.15 bits per heavy atom. The lowest BCUT2D eigenvalue weighted by Crippen LogP contribution is -2.52. The fraction of sp³-hybridized carbons (Fsp3) is 0.562. The maximum absolute atomic E-state index is 12.5. The first-order valence-electron chi connectivity index (χ1n) is 8.53. The lowest BCUT2D eigenvalue weighted by molar-refractivity contribution is 0.212. The average Bonchev–Trinajstić information content (AvgIpc) is 3.01. The minimum Gasteiger partial charge on any atom is -0.338 e. The van der Waals surface area contributed by atoms with Crippen molar-refractivity contribution in [2.24, 2.45) is 5.92 Å². The van der Waals surface area contributed by atoms with Crippen LogP contribution >= 0.6 is 0 Å². The molecule has 2 bridgehead atoms. The lowest BCUT2D eigenvalue weighted by Gasteiger charge is -2.46. The van der Waals surface area contributed by atoms with Gasteiger partial charge in [-0.05, 0) is 23.6 Å². The molecule has 0 saturated carbocycles. The number of aryl methyl sites for hydroxylation is 1. The fourth-order valence-electron chi connectivity index (χ4n) is 4.12. The van der Waals surface area contributed by atoms with Gasteiger partial charge in [-0.15, -0.1) is 0 Å². The molecule has 0 radical (unpaired) electrons. The van der Waals surface area contributed by atoms with E-state index in [1.807, 2.05) is 6.07 Å². The number of hydrogen-bond acceptors (Lipinski definition) is 7. The molecule has 2 aliphatic heterocycles. The van der Waals surface area contributed by atoms with Gasteiger partial charge >= 0.3 is 0 Å². The summed E-state index contributed by atoms with van der Waals surface area (Å²) in [5, 5.41) is 4.01. The predicted molar refractivity (Wildman–Crippen MR) is 94.7 cm³/mol. The van der Waals surface area contributed by atoms with Crippen LogP contribution in [0.5, 0.6) is 0 Å². The van der Waals surface area contributed by atoms with Crippen LogP contribution in [0.25, 0.3) is 0 Å². The highest BCUT2D eigenvalue weighted by Crippen LogP contribution is 2.41. The maximum Gasteiger partial charge on any atom is 0.266 e. The van der Waals surface area contributed by atoms with Crippen LogP contribution in [0.4, 0.5) is 5.95 Å². The van der Waals surface area contributed by atoms with Gasteiger partial charge in [0.15, 0.2) is 0 Å². The molecule has 2 aliphatic rings. The standard InChI is InChI=1S/C16H21N5O4S/c1-10-18-16(19-25-10)20-8-11-6-12(9-20)14(7-17-26(2,23)24)21-13(11)4-3-5-15(21)22/h3-5,11-12,14,17H,6-9H2,1-2H3/t11-,12+,14+/m1/s1. The van der Waals surface area contributed by atoms with E-state index >= 15 is 0 Å². The number of anilines is 1. The van der Waals surface area contributed by atoms with E-state index in [9.17, 15) is 13.2 Å². The summed E-state index contributed by atoms with van der Waals surface area (Å²) in [4.78, 5) is 18.9. The van der Waals surface area contributed by atoms with Gasteiger partial charge in [0.2, 0.25) is 15.9 Å². The van der Waals surface area contributed by atoms with E-state index in [0.717, 1.165) is 18.4 Å². The third kappa shape index (κ3) is 3.14. The first-order chi connectivity index (χ1) is 12.3. The van der Waals surface area contributed by atoms with Gasteiger partial charge < -0.3 is 14.0 Å². The van der Waals surface area contributed by atoms with Crippen LogP contribution < -0.4 is 15.2 Å². The van der Waals surface area contributed by atoms with Crippen molar-refractivity contribution in [3.63, 3.8) is 0 Å². The molecule has 3 atom stereocenters. The summed E-state index contributed by atoms with van der Waals surface area (Å²) in [6, 6.07) is 4.98. The molecule has 9 nitrogen and oxygen atoms in total. The highest BCUT2D eigenvalue weighted by molar-refractivity contribution is 7.88. The lowest BCUT2D eigenvalue weighted by atomic mass is 9.78. The number of piperidine rings is 1. The van der Waals surface area contributed by atoms with E-state index in [-0.39, 0.29) is 30.0 Å². The molecule has 0 spiro atoms. The Morgan fingerprint density at radius 3 is 2.85 bits per heavy atom. The smallest absolute Gasteiger partial charge is 0.266 e. The van der Waals surface area contributed by atoms with Crippen molar-refractivity contribution in [2.75, 3.05) is 30.8 Å². The maximum atomic E-state index is 12.5. The van der Waals surface area contributed by atoms with Crippen LogP contribution in [0.15, 0.2) is 27.5 Å². The Bertz CT molecular complexity index is 983. The molecule has 2 aromatic heterocycles. The van der Waals surface area contributed by atoms with Gasteiger partial charge in [-0.1, -0.05) is 6.07 Å². The zero-order valence-electron chi connectivity index (χ0n) is 14.6. The Labute approximate surface area is 151 Å². The number of rotatable bonds is 4. The number of aromatic nitrogens is 3. The largest absolute Gasteiger partial charge is 0.338 e. The average molecular weight is 379 g/mol. The quantitative estimate of drug-likeness (QED) is 0.811. The minimum absolute atomic E-state index is 0.0960. The van der Waals surface area contributed by atoms with Crippen molar-refractivity contribution in [3.05, 3.63) is 40.1 Å². The number of hydrogen-bond donors (Lipinski definition) is 1. The molecule has 26 heavy (non-hydrogen) atoms. The number of fused-ring (bicyclic) bond motifs is 4. The van der Waals surface area contributed by atoms with Gasteiger partial charge in [-0.25, -0.2) is 13.1 Å². The van der Waals surface area contributed by atoms with Gasteiger partial charge in [0.05, 0.1) is 12.3 Å². The monoisotopic (exact) mass is 379 g/mol. The highest BCUT2D eigenvalue weighted by Gasteiger charge is 2.41. The van der Waals surface area contributed by atoms with Crippen LogP contribution in [-0.2, 0) is 10.0 Å². The van der Waals surface area contributed by atoms with E-state index < -0.39 is 10.0 Å². The van der Waals surface area contributed by atoms with E-state index in [0.29, 0.717) is 24.9 Å². The van der Waals surface area contributed by atoms with Gasteiger partial charge in [-0.3, -0.25) is 4.79 Å². The van der Waals surface area contributed by atoms with E-state index in [1.165, 1.54) is 6.07 Å². The van der Waals surface area contributed by atoms with E-state index in [4.69, 9.17) is 4.52 Å². The van der Waals surface area contributed by atoms with Crippen LogP contribution in [0.1, 0.15) is 30.0 Å². The van der Waals surface area contributed by atoms with E-state index in [2.05, 4.69) is 19.8 Å². The summed E-state index contributed by atoms with van der Waals surface area (Å²) in [6.07, 6.45) is 2.02. The molecule has 4 rings (SSSR count). The molecule has 1 fully saturated rings. The summed E-state index contributed by atoms with van der Waals surface area (Å²) in [5.74, 6) is 1.31. The molecule has 140 valence electrons. The SMILES string of the molecule is Cc1nc(N2C[C@H]3C[C@@H](C2)[C@H](CNS(C)(=O)=O)n2c3cccc2=O)no1. The molecular formula is C16H21N5O4S. The molecule has 0 aliphatic carbocycles. The Kier molecular flexibility index (Phi) is 4.11. The molecule has 1 saturated heterocycles. The van der Waals surface area contributed by atoms with Gasteiger partial charge in [-0.2, -0.15) is 4.98 Å². The Morgan fingerprint density at radius 1 is 1.35 bits per heavy atom. The van der Waals surface area contributed by atoms with E-state index in [1.54, 1.807) is 17.6 Å². The van der Waals surface area contributed by atoms with Crippen molar-refractivity contribution >= 4 is 16.0 Å². The molecule has 10 heteroatoms. The fourth-order valence-corrected chi connectivity index (χ4v) is 4.60. The zero-order chi connectivity index (χ0) is 18.5. The van der Waals surface area contributed by atoms with Crippen molar-refractivity contribution in [2.45, 2.75) is 25.3 Å². The van der Waals surface area contributed by atoms with Crippen LogP contribution in [-0.4, -0.2) is 49.0 Å². The number of sulfonamides is 1. The summed E-state index contributed by atoms with van der Waals surface area (Å²) < 4.78 is 32.6. The highest BCUT2D eigenvalue weighted by atomic mass is 32.2. The third-order valence-electron chi connectivity index (χ3n) is 5.15. The Hall–Kier alpha value is -2.20. The molecule has 4 heterocycles. The van der Waals surface area contributed by atoms with Crippen molar-refractivity contribution < 1.29 is 12.9 Å². The number of nitrogens with one attached hydrogen (secondary N) is 1. The summed E-state index contributed by atoms with van der Waals surface area (Å²) >= 11 is 0. The third-order valence-corrected chi connectivity index (χ3v) is 5.84. The Balaban J connectivity index is 1.72. The summed E-state index contributed by atoms with van der Waals surface area (Å²) in [7, 11) is -3.35. The van der Waals surface area contributed by atoms with Crippen LogP contribution in [0, 0.1) is 12.8 Å². The first kappa shape index (κ1) is 17.2. The zero-order valence-corrected chi connectivity index (χ0v) is 15.4. The molecule has 0 amide bonds. The van der Waals surface area contributed by atoms with Gasteiger partial charge in [0, 0.05) is 44.2 Å². The molecule has 1 N–H and O–H groups in total. The normalized spacial score (nSPS) is 25.2. The van der Waals surface area contributed by atoms with Gasteiger partial charge in [0.1, 0.15) is 0 Å². The molecule has 2 aromatic rings. The summed E-state index contributed by atoms with van der Waals surface area (Å²) in [5.41, 5.74) is 0.834. The van der Waals surface area contributed by atoms with Crippen molar-refractivity contribution in [1.82, 2.24) is 19.4 Å². The second kappa shape index (κ2) is 6.20. The number of nitrogens with zero attached hydrogens (tertiary/aromatic N) is 4. The van der Waals surface area contributed by atoms with Gasteiger partial charge in [0.25, 0.3) is 11.5 Å². The van der Waals surface area contributed by atoms with Crippen LogP contribution in [0.3, 0.4) is 0 Å². The van der Waals surface area contributed by atoms with Crippen molar-refractivity contribution in [3.8, 4) is 0 Å². The molecular weight excluding hydrogens is 358 g/mol. The minimum atomic E-state index is -3.35. The molecule has 0 unspecified atom stereocenters. The second-order valence-corrected chi connectivity index (χ2v) is 8.89. The van der Waals surface area contributed by atoms with Crippen LogP contribution in [0.2, 0.25) is 0 Å². The number of pyridine rings is 1. The molecule has 0 aromatic carbocycles. The first-order valence-corrected chi connectivity index (χ1v) is 10.4. The van der Waals surface area contributed by atoms with Crippen molar-refractivity contribution in [1.29, 1.82) is 0 Å². The topological polar surface area (TPSA) is 110 Å².